The fourth-order valence-electron chi connectivity index (χ4n) is 2.67. The van der Waals surface area contributed by atoms with Crippen molar-refractivity contribution in [3.05, 3.63) is 59.8 Å². The van der Waals surface area contributed by atoms with Crippen molar-refractivity contribution in [2.75, 3.05) is 32.8 Å². The second-order valence-electron chi connectivity index (χ2n) is 6.71. The number of Topliss-reactive ketones (excluding diaryl/α,β-unsaturated/α-hetero) is 1. The molecule has 0 saturated carbocycles. The van der Waals surface area contributed by atoms with Crippen LogP contribution in [-0.4, -0.2) is 61.5 Å². The van der Waals surface area contributed by atoms with Crippen LogP contribution >= 0.6 is 0 Å². The number of methoxy groups -OCH3 is 2. The van der Waals surface area contributed by atoms with Crippen LogP contribution in [-0.2, 0) is 19.1 Å². The quantitative estimate of drug-likeness (QED) is 0.260. The van der Waals surface area contributed by atoms with Crippen LogP contribution in [0.5, 0.6) is 17.2 Å². The first kappa shape index (κ1) is 25.2. The molecule has 0 aliphatic carbocycles. The maximum absolute atomic E-state index is 11.9. The summed E-state index contributed by atoms with van der Waals surface area (Å²) in [6.45, 7) is 0.976. The van der Waals surface area contributed by atoms with E-state index in [4.69, 9.17) is 9.47 Å². The molecular weight excluding hydrogens is 434 g/mol. The van der Waals surface area contributed by atoms with Gasteiger partial charge in [0.1, 0.15) is 47.8 Å². The smallest absolute Gasteiger partial charge is 0.354 e. The highest BCUT2D eigenvalue weighted by Crippen LogP contribution is 2.28. The number of aliphatic hydroxyl groups excluding tert-OH is 1. The first-order chi connectivity index (χ1) is 15.7. The normalized spacial score (nSPS) is 11.8. The van der Waals surface area contributed by atoms with Gasteiger partial charge in [0.25, 0.3) is 0 Å². The van der Waals surface area contributed by atoms with Gasteiger partial charge in [-0.15, -0.1) is 0 Å². The number of ether oxygens (including phenoxy) is 4. The van der Waals surface area contributed by atoms with E-state index in [-0.39, 0.29) is 41.8 Å². The van der Waals surface area contributed by atoms with E-state index in [9.17, 15) is 24.6 Å². The number of rotatable bonds is 11. The van der Waals surface area contributed by atoms with Gasteiger partial charge in [-0.25, -0.2) is 9.59 Å². The van der Waals surface area contributed by atoms with Gasteiger partial charge in [0.15, 0.2) is 5.78 Å². The number of hydrogen-bond donors (Lipinski definition) is 3. The number of ketones is 1. The molecule has 0 aliphatic heterocycles. The summed E-state index contributed by atoms with van der Waals surface area (Å²) in [5, 5.41) is 22.8. The molecule has 2 rings (SSSR count). The molecule has 3 N–H and O–H groups in total. The number of carbonyl (C=O) groups excluding carboxylic acids is 3. The maximum atomic E-state index is 11.9. The second kappa shape index (κ2) is 12.1. The summed E-state index contributed by atoms with van der Waals surface area (Å²) < 4.78 is 20.2. The molecule has 0 spiro atoms. The zero-order valence-electron chi connectivity index (χ0n) is 18.4. The van der Waals surface area contributed by atoms with E-state index in [0.717, 1.165) is 6.08 Å². The molecule has 1 unspecified atom stereocenters. The van der Waals surface area contributed by atoms with Crippen molar-refractivity contribution in [3.8, 4) is 17.2 Å². The number of nitrogens with one attached hydrogen (secondary N) is 1. The van der Waals surface area contributed by atoms with Crippen molar-refractivity contribution in [3.63, 3.8) is 0 Å². The van der Waals surface area contributed by atoms with Crippen molar-refractivity contribution in [2.45, 2.75) is 13.0 Å². The molecule has 2 aromatic carbocycles. The Balaban J connectivity index is 1.98. The molecule has 0 aromatic heterocycles. The summed E-state index contributed by atoms with van der Waals surface area (Å²) in [6, 6.07) is 10.9. The molecule has 0 fully saturated rings. The highest BCUT2D eigenvalue weighted by atomic mass is 16.5. The third-order valence-electron chi connectivity index (χ3n) is 4.21. The second-order valence-corrected chi connectivity index (χ2v) is 6.71. The zero-order chi connectivity index (χ0) is 24.4. The lowest BCUT2D eigenvalue weighted by Crippen LogP contribution is -2.25. The Morgan fingerprint density at radius 1 is 1.03 bits per heavy atom. The molecule has 10 heteroatoms. The minimum atomic E-state index is -1.05. The van der Waals surface area contributed by atoms with Crippen LogP contribution in [0, 0.1) is 0 Å². The van der Waals surface area contributed by atoms with Crippen LogP contribution in [0.2, 0.25) is 0 Å². The first-order valence-electron chi connectivity index (χ1n) is 9.76. The van der Waals surface area contributed by atoms with Gasteiger partial charge in [-0.1, -0.05) is 12.1 Å². The number of phenolic OH excluding ortho intramolecular Hbond substituents is 1. The Labute approximate surface area is 190 Å². The topological polar surface area (TPSA) is 141 Å². The van der Waals surface area contributed by atoms with E-state index in [2.05, 4.69) is 14.8 Å². The van der Waals surface area contributed by atoms with Crippen molar-refractivity contribution < 1.29 is 43.5 Å². The zero-order valence-corrected chi connectivity index (χ0v) is 18.4. The Morgan fingerprint density at radius 2 is 1.73 bits per heavy atom. The molecule has 0 aliphatic rings. The first-order valence-corrected chi connectivity index (χ1v) is 9.76. The lowest BCUT2D eigenvalue weighted by atomic mass is 10.1. The van der Waals surface area contributed by atoms with Crippen LogP contribution < -0.4 is 14.8 Å². The number of phenols is 1. The summed E-state index contributed by atoms with van der Waals surface area (Å²) in [5.74, 6) is -1.56. The van der Waals surface area contributed by atoms with Gasteiger partial charge in [-0.2, -0.15) is 0 Å². The molecule has 2 aromatic rings. The molecule has 0 heterocycles. The maximum Gasteiger partial charge on any atom is 0.354 e. The summed E-state index contributed by atoms with van der Waals surface area (Å²) in [6.07, 6.45) is -0.0921. The molecule has 0 amide bonds. The molecule has 176 valence electrons. The molecule has 33 heavy (non-hydrogen) atoms. The Hall–Kier alpha value is -4.05. The van der Waals surface area contributed by atoms with Gasteiger partial charge < -0.3 is 34.5 Å². The monoisotopic (exact) mass is 459 g/mol. The van der Waals surface area contributed by atoms with Crippen LogP contribution in [0.1, 0.15) is 17.3 Å². The lowest BCUT2D eigenvalue weighted by molar-refractivity contribution is -0.138. The van der Waals surface area contributed by atoms with E-state index < -0.39 is 18.0 Å². The average Bonchev–Trinajstić information content (AvgIpc) is 2.80. The van der Waals surface area contributed by atoms with Crippen LogP contribution in [0.25, 0.3) is 0 Å². The number of aromatic hydroxyl groups is 1. The van der Waals surface area contributed by atoms with Crippen molar-refractivity contribution in [2.24, 2.45) is 0 Å². The van der Waals surface area contributed by atoms with Crippen molar-refractivity contribution in [1.82, 2.24) is 0 Å². The highest BCUT2D eigenvalue weighted by molar-refractivity contribution is 5.99. The molecule has 0 radical (unpaired) electrons. The van der Waals surface area contributed by atoms with Crippen LogP contribution in [0.4, 0.5) is 5.69 Å². The molecular formula is C23H25NO9. The van der Waals surface area contributed by atoms with Crippen LogP contribution in [0.15, 0.2) is 54.2 Å². The van der Waals surface area contributed by atoms with E-state index in [0.29, 0.717) is 11.4 Å². The third kappa shape index (κ3) is 7.54. The minimum Gasteiger partial charge on any atom is -0.507 e. The number of esters is 2. The SMILES string of the molecule is COC(=O)C=C(Nc1cccc(OCC(O)COc2cccc(O)c2C(C)=O)c1)C(=O)OC. The van der Waals surface area contributed by atoms with Gasteiger partial charge in [0.2, 0.25) is 0 Å². The number of hydrogen-bond acceptors (Lipinski definition) is 10. The fourth-order valence-corrected chi connectivity index (χ4v) is 2.67. The predicted octanol–water partition coefficient (Wildman–Crippen LogP) is 2.06. The van der Waals surface area contributed by atoms with E-state index in [1.54, 1.807) is 24.3 Å². The van der Waals surface area contributed by atoms with Crippen LogP contribution in [0.3, 0.4) is 0 Å². The molecule has 0 bridgehead atoms. The lowest BCUT2D eigenvalue weighted by Gasteiger charge is -2.16. The van der Waals surface area contributed by atoms with Gasteiger partial charge in [0.05, 0.1) is 20.3 Å². The van der Waals surface area contributed by atoms with Gasteiger partial charge in [-0.3, -0.25) is 4.79 Å². The molecule has 10 nitrogen and oxygen atoms in total. The Morgan fingerprint density at radius 3 is 2.39 bits per heavy atom. The summed E-state index contributed by atoms with van der Waals surface area (Å²) >= 11 is 0. The van der Waals surface area contributed by atoms with Gasteiger partial charge in [-0.05, 0) is 31.2 Å². The van der Waals surface area contributed by atoms with E-state index in [1.807, 2.05) is 0 Å². The highest BCUT2D eigenvalue weighted by Gasteiger charge is 2.16. The summed E-state index contributed by atoms with van der Waals surface area (Å²) in [7, 11) is 2.35. The van der Waals surface area contributed by atoms with Crippen molar-refractivity contribution in [1.29, 1.82) is 0 Å². The number of benzene rings is 2. The Bertz CT molecular complexity index is 1030. The molecule has 1 atom stereocenters. The fraction of sp³-hybridized carbons (Fsp3) is 0.261. The number of carbonyl (C=O) groups is 3. The number of aliphatic hydroxyl groups is 1. The van der Waals surface area contributed by atoms with Gasteiger partial charge in [0, 0.05) is 11.8 Å². The third-order valence-corrected chi connectivity index (χ3v) is 4.21. The summed E-state index contributed by atoms with van der Waals surface area (Å²) in [5.41, 5.74) is 0.317. The van der Waals surface area contributed by atoms with Gasteiger partial charge >= 0.3 is 11.9 Å². The average molecular weight is 459 g/mol. The number of anilines is 1. The Kier molecular flexibility index (Phi) is 9.25. The predicted molar refractivity (Wildman–Crippen MR) is 117 cm³/mol. The van der Waals surface area contributed by atoms with E-state index >= 15 is 0 Å². The largest absolute Gasteiger partial charge is 0.507 e. The minimum absolute atomic E-state index is 0.0332. The van der Waals surface area contributed by atoms with E-state index in [1.165, 1.54) is 39.3 Å². The standard InChI is InChI=1S/C23H25NO9/c1-14(25)22-19(27)8-5-9-20(22)33-13-16(26)12-32-17-7-4-6-15(10-17)24-18(23(29)31-3)11-21(28)30-2/h4-11,16,24,26-27H,12-13H2,1-3H3. The summed E-state index contributed by atoms with van der Waals surface area (Å²) in [4.78, 5) is 35.0. The van der Waals surface area contributed by atoms with Crippen molar-refractivity contribution >= 4 is 23.4 Å². The molecule has 0 saturated heterocycles.